The van der Waals surface area contributed by atoms with Crippen LogP contribution < -0.4 is 5.32 Å². The summed E-state index contributed by atoms with van der Waals surface area (Å²) in [7, 11) is 1.62. The molecule has 3 nitrogen and oxygen atoms in total. The molecule has 1 spiro atoms. The summed E-state index contributed by atoms with van der Waals surface area (Å²) in [6, 6.07) is 0. The number of halogens is 1. The Labute approximate surface area is 111 Å². The van der Waals surface area contributed by atoms with Crippen molar-refractivity contribution in [3.8, 4) is 0 Å². The van der Waals surface area contributed by atoms with Crippen molar-refractivity contribution >= 4 is 51.4 Å². The van der Waals surface area contributed by atoms with Gasteiger partial charge in [0.2, 0.25) is 0 Å². The number of nitrogens with zero attached hydrogens (tertiary/aromatic N) is 1. The van der Waals surface area contributed by atoms with E-state index in [1.165, 1.54) is 0 Å². The zero-order valence-corrected chi connectivity index (χ0v) is 12.0. The Morgan fingerprint density at radius 3 is 2.40 bits per heavy atom. The van der Waals surface area contributed by atoms with Gasteiger partial charge in [-0.1, -0.05) is 24.4 Å². The number of piperidine rings is 1. The predicted octanol–water partition coefficient (Wildman–Crippen LogP) is 1.86. The highest BCUT2D eigenvalue weighted by atomic mass is 79.9. The molecule has 0 radical (unpaired) electrons. The van der Waals surface area contributed by atoms with E-state index in [4.69, 9.17) is 29.3 Å². The van der Waals surface area contributed by atoms with Crippen molar-refractivity contribution in [3.05, 3.63) is 0 Å². The number of thiocarbonyl (C=S) groups is 2. The Kier molecular flexibility index (Phi) is 4.61. The Hall–Kier alpha value is 0.380. The fourth-order valence-electron chi connectivity index (χ4n) is 2.25. The van der Waals surface area contributed by atoms with Crippen LogP contribution >= 0.6 is 41.4 Å². The molecule has 0 aromatic heterocycles. The second kappa shape index (κ2) is 5.14. The molecule has 2 fully saturated rings. The highest BCUT2D eigenvalue weighted by Crippen LogP contribution is 2.41. The van der Waals surface area contributed by atoms with Crippen LogP contribution in [0.3, 0.4) is 0 Å². The average Bonchev–Trinajstić information content (AvgIpc) is 2.40. The first-order chi connectivity index (χ1) is 6.69. The van der Waals surface area contributed by atoms with Crippen molar-refractivity contribution < 1.29 is 4.84 Å². The molecule has 0 aliphatic carbocycles. The maximum Gasteiger partial charge on any atom is 0.117 e. The number of hydrogen-bond acceptors (Lipinski definition) is 4. The summed E-state index contributed by atoms with van der Waals surface area (Å²) in [6.45, 7) is 2.06. The minimum Gasteiger partial charge on any atom is -0.317 e. The van der Waals surface area contributed by atoms with Gasteiger partial charge in [0.15, 0.2) is 0 Å². The summed E-state index contributed by atoms with van der Waals surface area (Å²) >= 11 is 10.7. The molecular formula is C9H15BrN2OS2. The number of hydrogen-bond donors (Lipinski definition) is 1. The van der Waals surface area contributed by atoms with Crippen molar-refractivity contribution in [2.75, 3.05) is 20.2 Å². The lowest BCUT2D eigenvalue weighted by atomic mass is 9.78. The highest BCUT2D eigenvalue weighted by molar-refractivity contribution is 8.93. The number of nitrogens with one attached hydrogen (secondary N) is 1. The summed E-state index contributed by atoms with van der Waals surface area (Å²) in [5.41, 5.74) is 0.105. The second-order valence-corrected chi connectivity index (χ2v) is 4.74. The fraction of sp³-hybridized carbons (Fsp3) is 0.778. The standard InChI is InChI=1S/C9H14N2OS2.BrH/c1-12-11-7(13)6-9(8(11)14)2-4-10-5-3-9;/h10H,2-6H2,1H3;1H. The van der Waals surface area contributed by atoms with Crippen LogP contribution in [-0.2, 0) is 4.84 Å². The Bertz CT molecular complexity index is 279. The summed E-state index contributed by atoms with van der Waals surface area (Å²) in [6.07, 6.45) is 3.04. The molecule has 2 saturated heterocycles. The maximum atomic E-state index is 5.43. The Morgan fingerprint density at radius 2 is 1.93 bits per heavy atom. The first kappa shape index (κ1) is 13.4. The SMILES string of the molecule is Br.CON1C(=S)CC2(CCNCC2)C1=S. The summed E-state index contributed by atoms with van der Waals surface area (Å²) < 4.78 is 0. The molecule has 1 N–H and O–H groups in total. The van der Waals surface area contributed by atoms with Gasteiger partial charge < -0.3 is 5.32 Å². The van der Waals surface area contributed by atoms with Crippen LogP contribution in [0.1, 0.15) is 19.3 Å². The molecule has 2 aliphatic heterocycles. The number of rotatable bonds is 1. The van der Waals surface area contributed by atoms with Crippen LogP contribution in [0.2, 0.25) is 0 Å². The molecule has 0 amide bonds. The average molecular weight is 311 g/mol. The second-order valence-electron chi connectivity index (χ2n) is 3.88. The molecule has 0 bridgehead atoms. The van der Waals surface area contributed by atoms with E-state index in [-0.39, 0.29) is 22.4 Å². The molecule has 0 saturated carbocycles. The summed E-state index contributed by atoms with van der Waals surface area (Å²) in [5.74, 6) is 0. The summed E-state index contributed by atoms with van der Waals surface area (Å²) in [5, 5.41) is 4.99. The van der Waals surface area contributed by atoms with Crippen molar-refractivity contribution in [3.63, 3.8) is 0 Å². The third kappa shape index (κ3) is 2.24. The van der Waals surface area contributed by atoms with Gasteiger partial charge in [0.1, 0.15) is 9.98 Å². The van der Waals surface area contributed by atoms with Gasteiger partial charge in [-0.15, -0.1) is 17.0 Å². The van der Waals surface area contributed by atoms with Gasteiger partial charge in [-0.2, -0.15) is 0 Å². The molecule has 2 aliphatic rings. The van der Waals surface area contributed by atoms with Crippen molar-refractivity contribution in [1.29, 1.82) is 0 Å². The van der Waals surface area contributed by atoms with E-state index in [1.807, 2.05) is 0 Å². The largest absolute Gasteiger partial charge is 0.317 e. The minimum absolute atomic E-state index is 0. The molecular weight excluding hydrogens is 296 g/mol. The lowest BCUT2D eigenvalue weighted by molar-refractivity contribution is 0.00480. The monoisotopic (exact) mass is 310 g/mol. The lowest BCUT2D eigenvalue weighted by Gasteiger charge is -2.33. The summed E-state index contributed by atoms with van der Waals surface area (Å²) in [4.78, 5) is 6.91. The molecule has 86 valence electrons. The van der Waals surface area contributed by atoms with E-state index >= 15 is 0 Å². The molecule has 2 heterocycles. The third-order valence-corrected chi connectivity index (χ3v) is 4.01. The molecule has 6 heteroatoms. The van der Waals surface area contributed by atoms with E-state index < -0.39 is 0 Å². The van der Waals surface area contributed by atoms with Gasteiger partial charge in [-0.3, -0.25) is 4.84 Å². The third-order valence-electron chi connectivity index (χ3n) is 3.10. The smallest absolute Gasteiger partial charge is 0.117 e. The zero-order chi connectivity index (χ0) is 10.2. The van der Waals surface area contributed by atoms with Gasteiger partial charge >= 0.3 is 0 Å². The van der Waals surface area contributed by atoms with Crippen LogP contribution in [0, 0.1) is 5.41 Å². The Morgan fingerprint density at radius 1 is 1.33 bits per heavy atom. The van der Waals surface area contributed by atoms with Crippen molar-refractivity contribution in [1.82, 2.24) is 10.4 Å². The first-order valence-electron chi connectivity index (χ1n) is 4.82. The quantitative estimate of drug-likeness (QED) is 0.745. The van der Waals surface area contributed by atoms with Crippen LogP contribution in [-0.4, -0.2) is 35.2 Å². The van der Waals surface area contributed by atoms with Gasteiger partial charge in [-0.25, -0.2) is 5.06 Å². The highest BCUT2D eigenvalue weighted by Gasteiger charge is 2.47. The predicted molar refractivity (Wildman–Crippen MR) is 73.5 cm³/mol. The molecule has 0 atom stereocenters. The van der Waals surface area contributed by atoms with E-state index in [0.29, 0.717) is 0 Å². The minimum atomic E-state index is 0. The van der Waals surface area contributed by atoms with E-state index in [1.54, 1.807) is 12.2 Å². The molecule has 2 rings (SSSR count). The topological polar surface area (TPSA) is 24.5 Å². The number of hydroxylamine groups is 2. The van der Waals surface area contributed by atoms with Gasteiger partial charge in [0, 0.05) is 11.8 Å². The maximum absolute atomic E-state index is 5.43. The first-order valence-corrected chi connectivity index (χ1v) is 5.63. The molecule has 0 aromatic rings. The Balaban J connectivity index is 0.00000112. The molecule has 0 unspecified atom stereocenters. The van der Waals surface area contributed by atoms with Crippen LogP contribution in [0.25, 0.3) is 0 Å². The molecule has 0 aromatic carbocycles. The van der Waals surface area contributed by atoms with Crippen molar-refractivity contribution in [2.24, 2.45) is 5.41 Å². The van der Waals surface area contributed by atoms with Gasteiger partial charge in [0.05, 0.1) is 7.11 Å². The molecule has 15 heavy (non-hydrogen) atoms. The van der Waals surface area contributed by atoms with Crippen LogP contribution in [0.15, 0.2) is 0 Å². The van der Waals surface area contributed by atoms with Gasteiger partial charge in [0.25, 0.3) is 0 Å². The zero-order valence-electron chi connectivity index (χ0n) is 8.62. The van der Waals surface area contributed by atoms with Crippen LogP contribution in [0.5, 0.6) is 0 Å². The lowest BCUT2D eigenvalue weighted by Crippen LogP contribution is -2.41. The normalized spacial score (nSPS) is 24.5. The van der Waals surface area contributed by atoms with E-state index in [9.17, 15) is 0 Å². The van der Waals surface area contributed by atoms with Gasteiger partial charge in [-0.05, 0) is 25.9 Å². The fourth-order valence-corrected chi connectivity index (χ4v) is 3.21. The van der Waals surface area contributed by atoms with E-state index in [0.717, 1.165) is 42.3 Å². The van der Waals surface area contributed by atoms with E-state index in [2.05, 4.69) is 5.32 Å². The van der Waals surface area contributed by atoms with Crippen LogP contribution in [0.4, 0.5) is 0 Å². The van der Waals surface area contributed by atoms with Crippen molar-refractivity contribution in [2.45, 2.75) is 19.3 Å².